The predicted octanol–water partition coefficient (Wildman–Crippen LogP) is 4.88. The molecule has 1 aliphatic rings. The van der Waals surface area contributed by atoms with Crippen LogP contribution in [-0.4, -0.2) is 34.0 Å². The van der Waals surface area contributed by atoms with Gasteiger partial charge in [0.2, 0.25) is 0 Å². The second kappa shape index (κ2) is 7.89. The monoisotopic (exact) mass is 422 g/mol. The van der Waals surface area contributed by atoms with Crippen molar-refractivity contribution in [3.63, 3.8) is 0 Å². The van der Waals surface area contributed by atoms with Crippen LogP contribution in [0.5, 0.6) is 0 Å². The average molecular weight is 423 g/mol. The molecular formula is C22H30N6OSi. The summed E-state index contributed by atoms with van der Waals surface area (Å²) in [6.45, 7) is 10.2. The molecule has 7 nitrogen and oxygen atoms in total. The van der Waals surface area contributed by atoms with Crippen molar-refractivity contribution < 1.29 is 4.74 Å². The van der Waals surface area contributed by atoms with Crippen LogP contribution < -0.4 is 5.32 Å². The van der Waals surface area contributed by atoms with Crippen LogP contribution >= 0.6 is 0 Å². The molecule has 4 rings (SSSR count). The molecule has 1 aliphatic carbocycles. The van der Waals surface area contributed by atoms with Gasteiger partial charge in [-0.25, -0.2) is 4.98 Å². The Balaban J connectivity index is 1.69. The van der Waals surface area contributed by atoms with E-state index in [1.54, 1.807) is 4.68 Å². The quantitative estimate of drug-likeness (QED) is 0.413. The third-order valence-corrected chi connectivity index (χ3v) is 7.18. The fourth-order valence-electron chi connectivity index (χ4n) is 3.67. The number of rotatable bonds is 8. The highest BCUT2D eigenvalue weighted by Crippen LogP contribution is 2.45. The highest BCUT2D eigenvalue weighted by atomic mass is 28.3. The van der Waals surface area contributed by atoms with Crippen LogP contribution in [0.2, 0.25) is 25.7 Å². The van der Waals surface area contributed by atoms with Crippen LogP contribution in [0.3, 0.4) is 0 Å². The van der Waals surface area contributed by atoms with Crippen molar-refractivity contribution in [2.45, 2.75) is 58.1 Å². The van der Waals surface area contributed by atoms with Gasteiger partial charge < -0.3 is 14.6 Å². The average Bonchev–Trinajstić information content (AvgIpc) is 3.38. The molecule has 0 atom stereocenters. The molecule has 1 saturated carbocycles. The number of nitriles is 1. The van der Waals surface area contributed by atoms with E-state index in [4.69, 9.17) is 9.72 Å². The molecule has 0 spiro atoms. The minimum atomic E-state index is -1.14. The number of pyridine rings is 1. The first-order valence-electron chi connectivity index (χ1n) is 10.5. The van der Waals surface area contributed by atoms with E-state index in [9.17, 15) is 5.26 Å². The zero-order chi connectivity index (χ0) is 21.5. The maximum absolute atomic E-state index is 9.74. The Morgan fingerprint density at radius 3 is 2.67 bits per heavy atom. The lowest BCUT2D eigenvalue weighted by molar-refractivity contribution is 0.0899. The highest BCUT2D eigenvalue weighted by molar-refractivity contribution is 6.76. The number of aromatic nitrogens is 4. The summed E-state index contributed by atoms with van der Waals surface area (Å²) in [4.78, 5) is 4.87. The molecule has 1 N–H and O–H groups in total. The summed E-state index contributed by atoms with van der Waals surface area (Å²) in [6.07, 6.45) is 6.17. The van der Waals surface area contributed by atoms with Gasteiger partial charge in [0.15, 0.2) is 5.82 Å². The molecular weight excluding hydrogens is 392 g/mol. The number of ether oxygens (including phenoxy) is 1. The summed E-state index contributed by atoms with van der Waals surface area (Å²) in [7, 11) is 0.766. The lowest BCUT2D eigenvalue weighted by atomic mass is 10.1. The standard InChI is InChI=1S/C22H30N6OSi/c1-15-12-27(2)26-21(15)24-19-10-18(16-6-7-16)20-17(11-23)13-28(22(20)25-19)14-29-8-9-30(3,4)5/h10,12-13,16H,6-9,14H2,1-5H3,(H,24,25,26). The summed E-state index contributed by atoms with van der Waals surface area (Å²) in [5, 5.41) is 18.6. The fraction of sp³-hybridized carbons (Fsp3) is 0.500. The van der Waals surface area contributed by atoms with Crippen molar-refractivity contribution in [2.75, 3.05) is 11.9 Å². The first-order valence-corrected chi connectivity index (χ1v) is 14.2. The summed E-state index contributed by atoms with van der Waals surface area (Å²) in [5.74, 6) is 2.06. The molecule has 0 saturated heterocycles. The van der Waals surface area contributed by atoms with Gasteiger partial charge in [-0.1, -0.05) is 19.6 Å². The lowest BCUT2D eigenvalue weighted by Gasteiger charge is -2.16. The topological polar surface area (TPSA) is 80.7 Å². The fourth-order valence-corrected chi connectivity index (χ4v) is 4.43. The molecule has 3 aromatic rings. The van der Waals surface area contributed by atoms with E-state index in [0.29, 0.717) is 18.2 Å². The molecule has 3 aromatic heterocycles. The van der Waals surface area contributed by atoms with Gasteiger partial charge in [0.05, 0.1) is 5.56 Å². The third kappa shape index (κ3) is 4.42. The highest BCUT2D eigenvalue weighted by Gasteiger charge is 2.29. The van der Waals surface area contributed by atoms with Crippen LogP contribution in [-0.2, 0) is 18.5 Å². The molecule has 0 radical (unpaired) electrons. The second-order valence-corrected chi connectivity index (χ2v) is 15.1. The Kier molecular flexibility index (Phi) is 5.43. The van der Waals surface area contributed by atoms with Crippen LogP contribution in [0, 0.1) is 18.3 Å². The zero-order valence-corrected chi connectivity index (χ0v) is 19.5. The number of nitrogens with zero attached hydrogens (tertiary/aromatic N) is 5. The maximum Gasteiger partial charge on any atom is 0.156 e. The number of hydrogen-bond donors (Lipinski definition) is 1. The molecule has 0 amide bonds. The van der Waals surface area contributed by atoms with Gasteiger partial charge in [-0.15, -0.1) is 0 Å². The van der Waals surface area contributed by atoms with Gasteiger partial charge in [0, 0.05) is 45.1 Å². The zero-order valence-electron chi connectivity index (χ0n) is 18.5. The van der Waals surface area contributed by atoms with Crippen LogP contribution in [0.25, 0.3) is 11.0 Å². The molecule has 1 fully saturated rings. The van der Waals surface area contributed by atoms with E-state index in [1.807, 2.05) is 30.9 Å². The van der Waals surface area contributed by atoms with E-state index >= 15 is 0 Å². The first kappa shape index (κ1) is 20.6. The van der Waals surface area contributed by atoms with Crippen molar-refractivity contribution in [1.29, 1.82) is 5.26 Å². The SMILES string of the molecule is Cc1cn(C)nc1Nc1cc(C2CC2)c2c(C#N)cn(COCC[Si](C)(C)C)c2n1. The normalized spacial score (nSPS) is 14.3. The van der Waals surface area contributed by atoms with E-state index in [-0.39, 0.29) is 0 Å². The summed E-state index contributed by atoms with van der Waals surface area (Å²) < 4.78 is 9.74. The van der Waals surface area contributed by atoms with Crippen molar-refractivity contribution in [3.8, 4) is 6.07 Å². The Bertz CT molecular complexity index is 1110. The van der Waals surface area contributed by atoms with E-state index in [2.05, 4.69) is 42.2 Å². The number of hydrogen-bond acceptors (Lipinski definition) is 5. The van der Waals surface area contributed by atoms with E-state index in [0.717, 1.165) is 53.7 Å². The molecule has 3 heterocycles. The van der Waals surface area contributed by atoms with Crippen LogP contribution in [0.1, 0.15) is 35.4 Å². The van der Waals surface area contributed by atoms with Crippen molar-refractivity contribution >= 4 is 30.7 Å². The van der Waals surface area contributed by atoms with Crippen molar-refractivity contribution in [1.82, 2.24) is 19.3 Å². The maximum atomic E-state index is 9.74. The summed E-state index contributed by atoms with van der Waals surface area (Å²) in [6, 6.07) is 5.57. The molecule has 0 aliphatic heterocycles. The van der Waals surface area contributed by atoms with Gasteiger partial charge in [-0.05, 0) is 43.4 Å². The summed E-state index contributed by atoms with van der Waals surface area (Å²) in [5.41, 5.74) is 3.75. The Morgan fingerprint density at radius 1 is 1.30 bits per heavy atom. The van der Waals surface area contributed by atoms with Crippen molar-refractivity contribution in [3.05, 3.63) is 35.2 Å². The van der Waals surface area contributed by atoms with Crippen LogP contribution in [0.4, 0.5) is 11.6 Å². The largest absolute Gasteiger partial charge is 0.361 e. The summed E-state index contributed by atoms with van der Waals surface area (Å²) >= 11 is 0. The number of anilines is 2. The number of nitrogens with one attached hydrogen (secondary N) is 1. The molecule has 0 bridgehead atoms. The Hall–Kier alpha value is -2.63. The predicted molar refractivity (Wildman–Crippen MR) is 122 cm³/mol. The molecule has 0 aromatic carbocycles. The van der Waals surface area contributed by atoms with Gasteiger partial charge in [-0.2, -0.15) is 10.4 Å². The minimum Gasteiger partial charge on any atom is -0.361 e. The number of aryl methyl sites for hydroxylation is 2. The Morgan fingerprint density at radius 2 is 2.07 bits per heavy atom. The van der Waals surface area contributed by atoms with E-state index in [1.165, 1.54) is 5.56 Å². The first-order chi connectivity index (χ1) is 14.2. The third-order valence-electron chi connectivity index (χ3n) is 5.48. The lowest BCUT2D eigenvalue weighted by Crippen LogP contribution is -2.22. The molecule has 30 heavy (non-hydrogen) atoms. The van der Waals surface area contributed by atoms with Gasteiger partial charge in [0.25, 0.3) is 0 Å². The minimum absolute atomic E-state index is 0.409. The smallest absolute Gasteiger partial charge is 0.156 e. The van der Waals surface area contributed by atoms with Crippen LogP contribution in [0.15, 0.2) is 18.5 Å². The molecule has 158 valence electrons. The molecule has 0 unspecified atom stereocenters. The van der Waals surface area contributed by atoms with Gasteiger partial charge in [0.1, 0.15) is 24.3 Å². The van der Waals surface area contributed by atoms with E-state index < -0.39 is 8.07 Å². The Labute approximate surface area is 178 Å². The van der Waals surface area contributed by atoms with Gasteiger partial charge >= 0.3 is 0 Å². The number of fused-ring (bicyclic) bond motifs is 1. The second-order valence-electron chi connectivity index (χ2n) is 9.50. The van der Waals surface area contributed by atoms with Gasteiger partial charge in [-0.3, -0.25) is 4.68 Å². The molecule has 8 heteroatoms. The van der Waals surface area contributed by atoms with Crippen molar-refractivity contribution in [2.24, 2.45) is 7.05 Å².